The number of nitrogens with zero attached hydrogens (tertiary/aromatic N) is 1. The third kappa shape index (κ3) is 4.00. The van der Waals surface area contributed by atoms with Gasteiger partial charge in [-0.25, -0.2) is 4.79 Å². The number of benzene rings is 1. The zero-order valence-electron chi connectivity index (χ0n) is 13.3. The van der Waals surface area contributed by atoms with Crippen LogP contribution in [0.25, 0.3) is 0 Å². The Bertz CT molecular complexity index is 562. The normalized spacial score (nSPS) is 18.9. The Morgan fingerprint density at radius 2 is 2.00 bits per heavy atom. The van der Waals surface area contributed by atoms with Crippen molar-refractivity contribution in [1.82, 2.24) is 4.90 Å². The average Bonchev–Trinajstić information content (AvgIpc) is 2.44. The fraction of sp³-hybridized carbons (Fsp3) is 0.529. The molecule has 22 heavy (non-hydrogen) atoms. The maximum absolute atomic E-state index is 12.7. The van der Waals surface area contributed by atoms with Crippen molar-refractivity contribution in [2.75, 3.05) is 6.54 Å². The first-order valence-corrected chi connectivity index (χ1v) is 7.61. The summed E-state index contributed by atoms with van der Waals surface area (Å²) in [6, 6.07) is 5.71. The van der Waals surface area contributed by atoms with E-state index < -0.39 is 17.7 Å². The zero-order valence-corrected chi connectivity index (χ0v) is 13.3. The second kappa shape index (κ2) is 6.38. The maximum Gasteiger partial charge on any atom is 0.410 e. The molecule has 0 radical (unpaired) electrons. The molecule has 1 fully saturated rings. The number of hydrogen-bond acceptors (Lipinski definition) is 4. The van der Waals surface area contributed by atoms with Gasteiger partial charge < -0.3 is 9.84 Å². The Morgan fingerprint density at radius 1 is 1.27 bits per heavy atom. The number of aromatic hydroxyl groups is 1. The Labute approximate surface area is 130 Å². The quantitative estimate of drug-likeness (QED) is 0.851. The lowest BCUT2D eigenvalue weighted by Crippen LogP contribution is -2.49. The molecule has 0 aromatic heterocycles. The molecule has 0 bridgehead atoms. The van der Waals surface area contributed by atoms with Crippen molar-refractivity contribution < 1.29 is 19.4 Å². The van der Waals surface area contributed by atoms with E-state index in [1.54, 1.807) is 32.9 Å². The van der Waals surface area contributed by atoms with E-state index in [2.05, 4.69) is 0 Å². The summed E-state index contributed by atoms with van der Waals surface area (Å²) in [5, 5.41) is 9.53. The molecule has 1 aromatic rings. The van der Waals surface area contributed by atoms with Gasteiger partial charge in [-0.15, -0.1) is 0 Å². The van der Waals surface area contributed by atoms with Crippen molar-refractivity contribution in [3.63, 3.8) is 0 Å². The van der Waals surface area contributed by atoms with Gasteiger partial charge in [-0.2, -0.15) is 0 Å². The largest absolute Gasteiger partial charge is 0.508 e. The van der Waals surface area contributed by atoms with Crippen LogP contribution in [-0.4, -0.2) is 40.1 Å². The van der Waals surface area contributed by atoms with Gasteiger partial charge in [0.1, 0.15) is 11.4 Å². The minimum atomic E-state index is -0.590. The summed E-state index contributed by atoms with van der Waals surface area (Å²) in [4.78, 5) is 26.5. The fourth-order valence-corrected chi connectivity index (χ4v) is 2.59. The number of carbonyl (C=O) groups is 2. The topological polar surface area (TPSA) is 66.8 Å². The van der Waals surface area contributed by atoms with Crippen LogP contribution in [0, 0.1) is 0 Å². The molecule has 1 saturated heterocycles. The van der Waals surface area contributed by atoms with Gasteiger partial charge in [0.2, 0.25) is 0 Å². The highest BCUT2D eigenvalue weighted by atomic mass is 16.6. The van der Waals surface area contributed by atoms with Gasteiger partial charge in [0, 0.05) is 12.1 Å². The predicted molar refractivity (Wildman–Crippen MR) is 83.0 cm³/mol. The number of phenols is 1. The van der Waals surface area contributed by atoms with Gasteiger partial charge in [0.15, 0.2) is 5.78 Å². The lowest BCUT2D eigenvalue weighted by atomic mass is 9.94. The van der Waals surface area contributed by atoms with Gasteiger partial charge in [-0.05, 0) is 52.2 Å². The number of likely N-dealkylation sites (tertiary alicyclic amines) is 1. The molecule has 1 atom stereocenters. The van der Waals surface area contributed by atoms with Crippen LogP contribution in [0.15, 0.2) is 24.3 Å². The highest BCUT2D eigenvalue weighted by Crippen LogP contribution is 2.24. The molecule has 1 aliphatic rings. The van der Waals surface area contributed by atoms with E-state index in [-0.39, 0.29) is 11.5 Å². The zero-order chi connectivity index (χ0) is 16.3. The molecule has 0 unspecified atom stereocenters. The van der Waals surface area contributed by atoms with Gasteiger partial charge in [0.05, 0.1) is 6.04 Å². The van der Waals surface area contributed by atoms with E-state index in [0.717, 1.165) is 12.8 Å². The van der Waals surface area contributed by atoms with E-state index in [9.17, 15) is 14.7 Å². The van der Waals surface area contributed by atoms with Gasteiger partial charge >= 0.3 is 6.09 Å². The number of ether oxygens (including phenoxy) is 1. The number of carbonyl (C=O) groups excluding carboxylic acids is 2. The van der Waals surface area contributed by atoms with Crippen molar-refractivity contribution in [3.8, 4) is 5.75 Å². The molecule has 1 aromatic carbocycles. The molecule has 5 heteroatoms. The third-order valence-corrected chi connectivity index (χ3v) is 3.56. The summed E-state index contributed by atoms with van der Waals surface area (Å²) >= 11 is 0. The number of piperidine rings is 1. The van der Waals surface area contributed by atoms with Crippen LogP contribution in [0.5, 0.6) is 5.75 Å². The molecule has 0 saturated carbocycles. The predicted octanol–water partition coefficient (Wildman–Crippen LogP) is 3.36. The number of phenolic OH excluding ortho intramolecular Hbond substituents is 1. The number of amides is 1. The van der Waals surface area contributed by atoms with E-state index in [0.29, 0.717) is 18.5 Å². The molecule has 1 N–H and O–H groups in total. The van der Waals surface area contributed by atoms with Crippen LogP contribution < -0.4 is 0 Å². The summed E-state index contributed by atoms with van der Waals surface area (Å²) in [6.07, 6.45) is 1.93. The summed E-state index contributed by atoms with van der Waals surface area (Å²) in [5.41, 5.74) is -0.173. The van der Waals surface area contributed by atoms with E-state index in [1.165, 1.54) is 17.0 Å². The minimum Gasteiger partial charge on any atom is -0.508 e. The molecular formula is C17H23NO4. The highest BCUT2D eigenvalue weighted by Gasteiger charge is 2.35. The SMILES string of the molecule is CC(C)(C)OC(=O)N1CCCC[C@H]1C(=O)c1cccc(O)c1. The molecule has 1 amide bonds. The molecule has 2 rings (SSSR count). The number of ketones is 1. The maximum atomic E-state index is 12.7. The van der Waals surface area contributed by atoms with Crippen LogP contribution in [0.3, 0.4) is 0 Å². The van der Waals surface area contributed by atoms with Crippen molar-refractivity contribution in [2.45, 2.75) is 51.7 Å². The molecule has 1 heterocycles. The third-order valence-electron chi connectivity index (χ3n) is 3.56. The Morgan fingerprint density at radius 3 is 2.64 bits per heavy atom. The summed E-state index contributed by atoms with van der Waals surface area (Å²) in [5.74, 6) is -0.105. The smallest absolute Gasteiger partial charge is 0.410 e. The van der Waals surface area contributed by atoms with E-state index in [4.69, 9.17) is 4.74 Å². The number of rotatable bonds is 2. The fourth-order valence-electron chi connectivity index (χ4n) is 2.59. The standard InChI is InChI=1S/C17H23NO4/c1-17(2,3)22-16(21)18-10-5-4-9-14(18)15(20)12-7-6-8-13(19)11-12/h6-8,11,14,19H,4-5,9-10H2,1-3H3/t14-/m0/s1. The first kappa shape index (κ1) is 16.3. The first-order chi connectivity index (χ1) is 10.3. The van der Waals surface area contributed by atoms with Gasteiger partial charge in [-0.3, -0.25) is 9.69 Å². The first-order valence-electron chi connectivity index (χ1n) is 7.61. The van der Waals surface area contributed by atoms with E-state index in [1.807, 2.05) is 0 Å². The molecule has 0 spiro atoms. The van der Waals surface area contributed by atoms with Gasteiger partial charge in [0.25, 0.3) is 0 Å². The number of Topliss-reactive ketones (excluding diaryl/α,β-unsaturated/α-hetero) is 1. The molecule has 1 aliphatic heterocycles. The van der Waals surface area contributed by atoms with Crippen molar-refractivity contribution in [3.05, 3.63) is 29.8 Å². The van der Waals surface area contributed by atoms with Crippen molar-refractivity contribution in [2.24, 2.45) is 0 Å². The van der Waals surface area contributed by atoms with Gasteiger partial charge in [-0.1, -0.05) is 12.1 Å². The Balaban J connectivity index is 2.19. The van der Waals surface area contributed by atoms with Crippen LogP contribution in [0.1, 0.15) is 50.4 Å². The molecule has 120 valence electrons. The highest BCUT2D eigenvalue weighted by molar-refractivity contribution is 6.01. The second-order valence-corrected chi connectivity index (χ2v) is 6.60. The summed E-state index contributed by atoms with van der Waals surface area (Å²) < 4.78 is 5.40. The average molecular weight is 305 g/mol. The Hall–Kier alpha value is -2.04. The van der Waals surface area contributed by atoms with Crippen LogP contribution in [0.4, 0.5) is 4.79 Å². The number of hydrogen-bond donors (Lipinski definition) is 1. The lowest BCUT2D eigenvalue weighted by Gasteiger charge is -2.35. The van der Waals surface area contributed by atoms with Crippen LogP contribution in [0.2, 0.25) is 0 Å². The second-order valence-electron chi connectivity index (χ2n) is 6.60. The van der Waals surface area contributed by atoms with Crippen LogP contribution in [-0.2, 0) is 4.74 Å². The monoisotopic (exact) mass is 305 g/mol. The summed E-state index contributed by atoms with van der Waals surface area (Å²) in [7, 11) is 0. The minimum absolute atomic E-state index is 0.0467. The van der Waals surface area contributed by atoms with E-state index >= 15 is 0 Å². The summed E-state index contributed by atoms with van der Waals surface area (Å²) in [6.45, 7) is 5.94. The lowest BCUT2D eigenvalue weighted by molar-refractivity contribution is 0.0105. The Kier molecular flexibility index (Phi) is 4.74. The van der Waals surface area contributed by atoms with Crippen molar-refractivity contribution in [1.29, 1.82) is 0 Å². The van der Waals surface area contributed by atoms with Crippen LogP contribution >= 0.6 is 0 Å². The molecule has 5 nitrogen and oxygen atoms in total. The molecule has 0 aliphatic carbocycles. The molecular weight excluding hydrogens is 282 g/mol. The van der Waals surface area contributed by atoms with Crippen molar-refractivity contribution >= 4 is 11.9 Å².